The van der Waals surface area contributed by atoms with Crippen molar-refractivity contribution in [2.45, 2.75) is 26.9 Å². The van der Waals surface area contributed by atoms with Crippen molar-refractivity contribution in [3.05, 3.63) is 71.5 Å². The highest BCUT2D eigenvalue weighted by Gasteiger charge is 2.20. The summed E-state index contributed by atoms with van der Waals surface area (Å²) in [6.45, 7) is 7.60. The maximum Gasteiger partial charge on any atom is 0.246 e. The standard InChI is InChI=1S/C26H27NO5/c1-17(15-25(29)27-11-13-30-14-12-27)21-9-10-23(26-22(21)16-24(32-26)18(2)28)31-19(3)20-7-5-4-6-8-20/h4-10,15-16,19H,11-14H2,1-3H3/b17-15+. The number of rotatable bonds is 6. The Hall–Kier alpha value is -3.38. The fraction of sp³-hybridized carbons (Fsp3) is 0.308. The monoisotopic (exact) mass is 433 g/mol. The van der Waals surface area contributed by atoms with Crippen LogP contribution in [0.5, 0.6) is 5.75 Å². The number of fused-ring (bicyclic) bond motifs is 1. The number of carbonyl (C=O) groups is 2. The zero-order valence-corrected chi connectivity index (χ0v) is 18.6. The van der Waals surface area contributed by atoms with Gasteiger partial charge in [-0.15, -0.1) is 0 Å². The van der Waals surface area contributed by atoms with Crippen LogP contribution in [0.3, 0.4) is 0 Å². The van der Waals surface area contributed by atoms with Crippen LogP contribution in [0, 0.1) is 0 Å². The third-order valence-electron chi connectivity index (χ3n) is 5.65. The average molecular weight is 434 g/mol. The Kier molecular flexibility index (Phi) is 6.42. The number of carbonyl (C=O) groups excluding carboxylic acids is 2. The average Bonchev–Trinajstić information content (AvgIpc) is 3.26. The van der Waals surface area contributed by atoms with Gasteiger partial charge in [0.05, 0.1) is 13.2 Å². The molecule has 166 valence electrons. The summed E-state index contributed by atoms with van der Waals surface area (Å²) < 4.78 is 17.4. The van der Waals surface area contributed by atoms with Gasteiger partial charge < -0.3 is 18.8 Å². The molecule has 0 aliphatic carbocycles. The fourth-order valence-electron chi connectivity index (χ4n) is 3.83. The minimum Gasteiger partial charge on any atom is -0.482 e. The van der Waals surface area contributed by atoms with E-state index in [2.05, 4.69) is 0 Å². The molecule has 4 rings (SSSR count). The lowest BCUT2D eigenvalue weighted by molar-refractivity contribution is -0.129. The van der Waals surface area contributed by atoms with Gasteiger partial charge in [0, 0.05) is 31.5 Å². The Morgan fingerprint density at radius 1 is 1.06 bits per heavy atom. The fourth-order valence-corrected chi connectivity index (χ4v) is 3.83. The molecule has 2 aromatic carbocycles. The van der Waals surface area contributed by atoms with Gasteiger partial charge in [-0.1, -0.05) is 36.4 Å². The summed E-state index contributed by atoms with van der Waals surface area (Å²) in [5.74, 6) is 0.601. The first kappa shape index (κ1) is 21.8. The first-order valence-electron chi connectivity index (χ1n) is 10.8. The van der Waals surface area contributed by atoms with E-state index in [0.717, 1.165) is 22.1 Å². The van der Waals surface area contributed by atoms with Gasteiger partial charge in [0.2, 0.25) is 5.91 Å². The normalized spacial score (nSPS) is 15.6. The van der Waals surface area contributed by atoms with Gasteiger partial charge in [-0.05, 0) is 42.7 Å². The molecular formula is C26H27NO5. The van der Waals surface area contributed by atoms with Crippen molar-refractivity contribution >= 4 is 28.2 Å². The summed E-state index contributed by atoms with van der Waals surface area (Å²) >= 11 is 0. The van der Waals surface area contributed by atoms with Crippen molar-refractivity contribution in [3.63, 3.8) is 0 Å². The van der Waals surface area contributed by atoms with Gasteiger partial charge in [0.1, 0.15) is 6.10 Å². The number of amides is 1. The molecule has 0 N–H and O–H groups in total. The van der Waals surface area contributed by atoms with Crippen molar-refractivity contribution in [2.75, 3.05) is 26.3 Å². The van der Waals surface area contributed by atoms with E-state index < -0.39 is 0 Å². The summed E-state index contributed by atoms with van der Waals surface area (Å²) in [5, 5.41) is 0.747. The summed E-state index contributed by atoms with van der Waals surface area (Å²) in [5.41, 5.74) is 3.17. The first-order chi connectivity index (χ1) is 15.4. The zero-order valence-electron chi connectivity index (χ0n) is 18.6. The second kappa shape index (κ2) is 9.40. The maximum absolute atomic E-state index is 12.7. The lowest BCUT2D eigenvalue weighted by Crippen LogP contribution is -2.39. The quantitative estimate of drug-likeness (QED) is 0.402. The van der Waals surface area contributed by atoms with Crippen molar-refractivity contribution in [2.24, 2.45) is 0 Å². The molecule has 1 atom stereocenters. The molecule has 0 radical (unpaired) electrons. The second-order valence-corrected chi connectivity index (χ2v) is 7.96. The third-order valence-corrected chi connectivity index (χ3v) is 5.65. The van der Waals surface area contributed by atoms with Crippen LogP contribution >= 0.6 is 0 Å². The molecular weight excluding hydrogens is 406 g/mol. The summed E-state index contributed by atoms with van der Waals surface area (Å²) in [4.78, 5) is 26.5. The SMILES string of the molecule is CC(=O)c1cc2c(/C(C)=C/C(=O)N3CCOCC3)ccc(OC(C)c3ccccc3)c2o1. The minimum atomic E-state index is -0.198. The van der Waals surface area contributed by atoms with Crippen molar-refractivity contribution in [1.29, 1.82) is 0 Å². The number of nitrogens with zero attached hydrogens (tertiary/aromatic N) is 1. The number of ketones is 1. The minimum absolute atomic E-state index is 0.0488. The van der Waals surface area contributed by atoms with E-state index in [0.29, 0.717) is 37.6 Å². The Balaban J connectivity index is 1.69. The summed E-state index contributed by atoms with van der Waals surface area (Å²) in [7, 11) is 0. The highest BCUT2D eigenvalue weighted by atomic mass is 16.5. The van der Waals surface area contributed by atoms with E-state index in [4.69, 9.17) is 13.9 Å². The van der Waals surface area contributed by atoms with Crippen LogP contribution in [-0.4, -0.2) is 42.9 Å². The summed E-state index contributed by atoms with van der Waals surface area (Å²) in [6.07, 6.45) is 1.43. The lowest BCUT2D eigenvalue weighted by atomic mass is 10.0. The molecule has 2 heterocycles. The maximum atomic E-state index is 12.7. The molecule has 1 aliphatic rings. The van der Waals surface area contributed by atoms with E-state index in [1.54, 1.807) is 17.0 Å². The predicted octanol–water partition coefficient (Wildman–Crippen LogP) is 5.04. The lowest BCUT2D eigenvalue weighted by Gasteiger charge is -2.25. The molecule has 0 saturated carbocycles. The number of hydrogen-bond acceptors (Lipinski definition) is 5. The van der Waals surface area contributed by atoms with Gasteiger partial charge in [-0.25, -0.2) is 0 Å². The van der Waals surface area contributed by atoms with Crippen LogP contribution in [0.15, 0.2) is 59.0 Å². The van der Waals surface area contributed by atoms with Crippen LogP contribution in [0.2, 0.25) is 0 Å². The highest BCUT2D eigenvalue weighted by Crippen LogP contribution is 2.37. The van der Waals surface area contributed by atoms with Crippen LogP contribution < -0.4 is 4.74 Å². The number of benzene rings is 2. The molecule has 1 aliphatic heterocycles. The van der Waals surface area contributed by atoms with Crippen molar-refractivity contribution in [1.82, 2.24) is 4.90 Å². The van der Waals surface area contributed by atoms with Crippen LogP contribution in [0.1, 0.15) is 48.6 Å². The van der Waals surface area contributed by atoms with Crippen LogP contribution in [-0.2, 0) is 9.53 Å². The number of ether oxygens (including phenoxy) is 2. The Labute approximate surface area is 187 Å². The number of furan rings is 1. The molecule has 0 bridgehead atoms. The topological polar surface area (TPSA) is 69.0 Å². The Morgan fingerprint density at radius 3 is 2.47 bits per heavy atom. The van der Waals surface area contributed by atoms with Gasteiger partial charge in [0.15, 0.2) is 22.9 Å². The number of hydrogen-bond donors (Lipinski definition) is 0. The van der Waals surface area contributed by atoms with Crippen LogP contribution in [0.4, 0.5) is 0 Å². The number of allylic oxidation sites excluding steroid dienone is 1. The first-order valence-corrected chi connectivity index (χ1v) is 10.8. The van der Waals surface area contributed by atoms with E-state index >= 15 is 0 Å². The van der Waals surface area contributed by atoms with Crippen molar-refractivity contribution < 1.29 is 23.5 Å². The smallest absolute Gasteiger partial charge is 0.246 e. The third kappa shape index (κ3) is 4.60. The van der Waals surface area contributed by atoms with Gasteiger partial charge in [-0.3, -0.25) is 9.59 Å². The van der Waals surface area contributed by atoms with Crippen LogP contribution in [0.25, 0.3) is 16.5 Å². The number of morpholine rings is 1. The Bertz CT molecular complexity index is 1160. The molecule has 1 aromatic heterocycles. The molecule has 1 amide bonds. The molecule has 32 heavy (non-hydrogen) atoms. The molecule has 6 nitrogen and oxygen atoms in total. The van der Waals surface area contributed by atoms with E-state index in [1.807, 2.05) is 56.3 Å². The molecule has 3 aromatic rings. The number of Topliss-reactive ketones (excluding diaryl/α,β-unsaturated/α-hetero) is 1. The van der Waals surface area contributed by atoms with E-state index in [9.17, 15) is 9.59 Å². The van der Waals surface area contributed by atoms with Gasteiger partial charge in [0.25, 0.3) is 0 Å². The van der Waals surface area contributed by atoms with Gasteiger partial charge in [-0.2, -0.15) is 0 Å². The molecule has 1 fully saturated rings. The highest BCUT2D eigenvalue weighted by molar-refractivity contribution is 6.03. The largest absolute Gasteiger partial charge is 0.482 e. The molecule has 6 heteroatoms. The van der Waals surface area contributed by atoms with E-state index in [1.165, 1.54) is 6.92 Å². The Morgan fingerprint density at radius 2 is 1.78 bits per heavy atom. The molecule has 1 unspecified atom stereocenters. The zero-order chi connectivity index (χ0) is 22.7. The van der Waals surface area contributed by atoms with Gasteiger partial charge >= 0.3 is 0 Å². The predicted molar refractivity (Wildman–Crippen MR) is 123 cm³/mol. The van der Waals surface area contributed by atoms with Crippen molar-refractivity contribution in [3.8, 4) is 5.75 Å². The van der Waals surface area contributed by atoms with E-state index in [-0.39, 0.29) is 23.6 Å². The molecule has 1 saturated heterocycles. The summed E-state index contributed by atoms with van der Waals surface area (Å²) in [6, 6.07) is 15.4. The second-order valence-electron chi connectivity index (χ2n) is 7.96. The molecule has 0 spiro atoms.